The van der Waals surface area contributed by atoms with Gasteiger partial charge in [-0.2, -0.15) is 23.4 Å². The van der Waals surface area contributed by atoms with E-state index >= 15 is 0 Å². The van der Waals surface area contributed by atoms with E-state index in [1.807, 2.05) is 0 Å². The first-order chi connectivity index (χ1) is 15.2. The van der Waals surface area contributed by atoms with Crippen molar-refractivity contribution in [1.82, 2.24) is 24.4 Å². The maximum absolute atomic E-state index is 12.9. The van der Waals surface area contributed by atoms with E-state index in [0.29, 0.717) is 22.0 Å². The molecule has 32 heavy (non-hydrogen) atoms. The van der Waals surface area contributed by atoms with Crippen molar-refractivity contribution in [2.45, 2.75) is 6.18 Å². The maximum Gasteiger partial charge on any atom is 0.411 e. The zero-order chi connectivity index (χ0) is 22.9. The number of allylic oxidation sites excluding steroid dienone is 1. The van der Waals surface area contributed by atoms with Gasteiger partial charge in [0.05, 0.1) is 25.2 Å². The molecular formula is C20H14ClF3N6O2. The number of alkyl halides is 3. The van der Waals surface area contributed by atoms with Crippen LogP contribution in [-0.2, 0) is 0 Å². The van der Waals surface area contributed by atoms with Crippen LogP contribution < -0.4 is 10.1 Å². The summed E-state index contributed by atoms with van der Waals surface area (Å²) in [5.41, 5.74) is 1.17. The summed E-state index contributed by atoms with van der Waals surface area (Å²) in [7, 11) is 1.43. The number of aromatic nitrogens is 5. The van der Waals surface area contributed by atoms with E-state index in [1.54, 1.807) is 24.4 Å². The van der Waals surface area contributed by atoms with Crippen LogP contribution in [0, 0.1) is 0 Å². The van der Waals surface area contributed by atoms with Crippen LogP contribution in [0.1, 0.15) is 10.4 Å². The predicted molar refractivity (Wildman–Crippen MR) is 112 cm³/mol. The number of fused-ring (bicyclic) bond motifs is 1. The number of hydrogen-bond donors (Lipinski definition) is 1. The second-order valence-electron chi connectivity index (χ2n) is 6.47. The molecule has 0 saturated heterocycles. The molecule has 0 aliphatic carbocycles. The number of rotatable bonds is 5. The third kappa shape index (κ3) is 4.42. The molecule has 0 bridgehead atoms. The lowest BCUT2D eigenvalue weighted by atomic mass is 10.1. The minimum atomic E-state index is -4.54. The second kappa shape index (κ2) is 8.35. The number of ether oxygens (including phenoxy) is 1. The maximum atomic E-state index is 12.9. The Bertz CT molecular complexity index is 1330. The highest BCUT2D eigenvalue weighted by Crippen LogP contribution is 2.36. The van der Waals surface area contributed by atoms with Crippen LogP contribution in [0.15, 0.2) is 55.1 Å². The Hall–Kier alpha value is -3.86. The summed E-state index contributed by atoms with van der Waals surface area (Å²) in [4.78, 5) is 17.1. The lowest BCUT2D eigenvalue weighted by molar-refractivity contribution is -0.0792. The molecular weight excluding hydrogens is 449 g/mol. The molecule has 0 spiro atoms. The molecule has 0 aliphatic heterocycles. The van der Waals surface area contributed by atoms with Crippen molar-refractivity contribution in [3.63, 3.8) is 0 Å². The van der Waals surface area contributed by atoms with E-state index in [2.05, 4.69) is 20.5 Å². The Labute approximate surface area is 183 Å². The highest BCUT2D eigenvalue weighted by molar-refractivity contribution is 6.31. The summed E-state index contributed by atoms with van der Waals surface area (Å²) in [5.74, 6) is -0.201. The molecule has 0 atom stereocenters. The Balaban J connectivity index is 1.78. The number of carbonyl (C=O) groups excluding carboxylic acids is 1. The van der Waals surface area contributed by atoms with Gasteiger partial charge >= 0.3 is 6.18 Å². The summed E-state index contributed by atoms with van der Waals surface area (Å²) in [6, 6.07) is 6.37. The minimum absolute atomic E-state index is 0.0275. The number of benzene rings is 1. The minimum Gasteiger partial charge on any atom is -0.496 e. The third-order valence-corrected chi connectivity index (χ3v) is 4.57. The van der Waals surface area contributed by atoms with Crippen molar-refractivity contribution in [3.8, 4) is 17.0 Å². The fourth-order valence-electron chi connectivity index (χ4n) is 2.96. The Morgan fingerprint density at radius 3 is 2.88 bits per heavy atom. The molecule has 1 N–H and O–H groups in total. The topological polar surface area (TPSA) is 86.3 Å². The van der Waals surface area contributed by atoms with Gasteiger partial charge in [0.15, 0.2) is 5.65 Å². The van der Waals surface area contributed by atoms with Gasteiger partial charge in [-0.25, -0.2) is 14.2 Å². The Kier molecular flexibility index (Phi) is 5.57. The van der Waals surface area contributed by atoms with Crippen LogP contribution >= 0.6 is 11.6 Å². The van der Waals surface area contributed by atoms with Gasteiger partial charge < -0.3 is 10.1 Å². The van der Waals surface area contributed by atoms with Gasteiger partial charge in [0.2, 0.25) is 0 Å². The lowest BCUT2D eigenvalue weighted by Gasteiger charge is -2.09. The molecule has 3 aromatic heterocycles. The number of methoxy groups -OCH3 is 1. The molecule has 0 saturated carbocycles. The van der Waals surface area contributed by atoms with Crippen LogP contribution in [0.3, 0.4) is 0 Å². The number of halogens is 4. The van der Waals surface area contributed by atoms with E-state index in [1.165, 1.54) is 36.3 Å². The number of nitrogens with zero attached hydrogens (tertiary/aromatic N) is 5. The highest BCUT2D eigenvalue weighted by atomic mass is 35.5. The molecule has 4 aromatic rings. The van der Waals surface area contributed by atoms with E-state index in [-0.39, 0.29) is 23.0 Å². The smallest absolute Gasteiger partial charge is 0.411 e. The van der Waals surface area contributed by atoms with Crippen LogP contribution in [0.4, 0.5) is 18.9 Å². The summed E-state index contributed by atoms with van der Waals surface area (Å²) >= 11 is 6.10. The van der Waals surface area contributed by atoms with Gasteiger partial charge in [0, 0.05) is 35.3 Å². The van der Waals surface area contributed by atoms with Crippen molar-refractivity contribution in [2.24, 2.45) is 0 Å². The van der Waals surface area contributed by atoms with Gasteiger partial charge in [-0.05, 0) is 24.3 Å². The van der Waals surface area contributed by atoms with Crippen LogP contribution in [0.2, 0.25) is 5.02 Å². The second-order valence-corrected chi connectivity index (χ2v) is 6.91. The van der Waals surface area contributed by atoms with Crippen molar-refractivity contribution >= 4 is 35.0 Å². The van der Waals surface area contributed by atoms with E-state index in [0.717, 1.165) is 10.9 Å². The van der Waals surface area contributed by atoms with Crippen molar-refractivity contribution < 1.29 is 22.7 Å². The van der Waals surface area contributed by atoms with Gasteiger partial charge in [0.25, 0.3) is 5.91 Å². The van der Waals surface area contributed by atoms with Crippen LogP contribution in [0.25, 0.3) is 23.1 Å². The first-order valence-electron chi connectivity index (χ1n) is 9.04. The largest absolute Gasteiger partial charge is 0.496 e. The Morgan fingerprint density at radius 2 is 2.12 bits per heavy atom. The number of amides is 1. The fraction of sp³-hybridized carbons (Fsp3) is 0.100. The quantitative estimate of drug-likeness (QED) is 0.470. The standard InChI is InChI=1S/C20H14ClF3N6O2/c1-32-16-4-3-12(21)9-13(16)17-15(11-29(28-17)8-5-20(22,23)24)27-19(31)14-10-26-30-7-2-6-25-18(14)30/h2-11H,1H3,(H,27,31)/b8-5+. The molecule has 1 amide bonds. The van der Waals surface area contributed by atoms with Gasteiger partial charge in [-0.1, -0.05) is 11.6 Å². The first-order valence-corrected chi connectivity index (χ1v) is 9.42. The first kappa shape index (κ1) is 21.4. The number of carbonyl (C=O) groups is 1. The summed E-state index contributed by atoms with van der Waals surface area (Å²) in [5, 5.41) is 11.2. The summed E-state index contributed by atoms with van der Waals surface area (Å²) in [6.45, 7) is 0. The Morgan fingerprint density at radius 1 is 1.31 bits per heavy atom. The molecule has 1 aromatic carbocycles. The predicted octanol–water partition coefficient (Wildman–Crippen LogP) is 4.54. The normalized spacial score (nSPS) is 11.9. The van der Waals surface area contributed by atoms with Crippen molar-refractivity contribution in [1.29, 1.82) is 0 Å². The van der Waals surface area contributed by atoms with Crippen LogP contribution in [0.5, 0.6) is 5.75 Å². The SMILES string of the molecule is COc1ccc(Cl)cc1-c1nn(/C=C/C(F)(F)F)cc1NC(=O)c1cnn2cccnc12. The van der Waals surface area contributed by atoms with Crippen molar-refractivity contribution in [3.05, 3.63) is 65.7 Å². The van der Waals surface area contributed by atoms with Gasteiger partial charge in [0.1, 0.15) is 17.0 Å². The molecule has 0 unspecified atom stereocenters. The van der Waals surface area contributed by atoms with Gasteiger partial charge in [-0.3, -0.25) is 4.79 Å². The molecule has 164 valence electrons. The van der Waals surface area contributed by atoms with Gasteiger partial charge in [-0.15, -0.1) is 0 Å². The average Bonchev–Trinajstić information content (AvgIpc) is 3.36. The van der Waals surface area contributed by atoms with Crippen LogP contribution in [-0.4, -0.2) is 43.6 Å². The average molecular weight is 463 g/mol. The molecule has 8 nitrogen and oxygen atoms in total. The third-order valence-electron chi connectivity index (χ3n) is 4.34. The molecule has 4 rings (SSSR count). The molecule has 12 heteroatoms. The molecule has 0 aliphatic rings. The summed E-state index contributed by atoms with van der Waals surface area (Å²) < 4.78 is 45.6. The van der Waals surface area contributed by atoms with E-state index in [9.17, 15) is 18.0 Å². The van der Waals surface area contributed by atoms with Crippen molar-refractivity contribution in [2.75, 3.05) is 12.4 Å². The van der Waals surface area contributed by atoms with E-state index in [4.69, 9.17) is 16.3 Å². The fourth-order valence-corrected chi connectivity index (χ4v) is 3.13. The number of anilines is 1. The number of nitrogens with one attached hydrogen (secondary N) is 1. The zero-order valence-electron chi connectivity index (χ0n) is 16.3. The lowest BCUT2D eigenvalue weighted by Crippen LogP contribution is -2.12. The monoisotopic (exact) mass is 462 g/mol. The number of hydrogen-bond acceptors (Lipinski definition) is 5. The summed E-state index contributed by atoms with van der Waals surface area (Å²) in [6.07, 6.45) is 1.94. The zero-order valence-corrected chi connectivity index (χ0v) is 17.1. The molecule has 3 heterocycles. The molecule has 0 radical (unpaired) electrons. The van der Waals surface area contributed by atoms with E-state index < -0.39 is 12.1 Å². The molecule has 0 fully saturated rings. The highest BCUT2D eigenvalue weighted by Gasteiger charge is 2.23.